The largest absolute Gasteiger partial charge is 0.493 e. The molecule has 2 radical (unpaired) electrons. The Morgan fingerprint density at radius 2 is 1.70 bits per heavy atom. The maximum absolute atomic E-state index is 12.7. The normalized spacial score (nSPS) is 11.1. The molecule has 0 saturated carbocycles. The number of azo groups is 1. The maximum Gasteiger partial charge on any atom is 0.297 e. The molecule has 4 rings (SSSR count). The molecule has 2 amide bonds. The smallest absolute Gasteiger partial charge is 0.297 e. The number of H-pyrrole nitrogens is 1. The van der Waals surface area contributed by atoms with Crippen LogP contribution in [0.2, 0.25) is 0 Å². The minimum Gasteiger partial charge on any atom is -0.493 e. The predicted molar refractivity (Wildman–Crippen MR) is 115 cm³/mol. The van der Waals surface area contributed by atoms with Gasteiger partial charge in [-0.2, -0.15) is 0 Å². The number of aromatic amines is 1. The zero-order chi connectivity index (χ0) is 21.1. The summed E-state index contributed by atoms with van der Waals surface area (Å²) < 4.78 is 0. The van der Waals surface area contributed by atoms with Gasteiger partial charge in [0.05, 0.1) is 16.8 Å². The summed E-state index contributed by atoms with van der Waals surface area (Å²) in [5.74, 6) is -1.24. The molecule has 0 fully saturated rings. The summed E-state index contributed by atoms with van der Waals surface area (Å²) in [5, 5.41) is 21.0. The van der Waals surface area contributed by atoms with E-state index >= 15 is 0 Å². The first kappa shape index (κ1) is 19.1. The van der Waals surface area contributed by atoms with Crippen LogP contribution in [0.1, 0.15) is 20.7 Å². The van der Waals surface area contributed by atoms with Crippen molar-refractivity contribution in [1.82, 2.24) is 4.98 Å². The molecule has 0 spiro atoms. The highest BCUT2D eigenvalue weighted by atomic mass is 16.3. The summed E-state index contributed by atoms with van der Waals surface area (Å²) in [6, 6.07) is 20.1. The fourth-order valence-corrected chi connectivity index (χ4v) is 2.99. The molecule has 0 aliphatic heterocycles. The van der Waals surface area contributed by atoms with E-state index in [-0.39, 0.29) is 23.0 Å². The lowest BCUT2D eigenvalue weighted by Crippen LogP contribution is -2.14. The summed E-state index contributed by atoms with van der Waals surface area (Å²) in [4.78, 5) is 27.8. The number of aromatic nitrogens is 1. The molecule has 0 saturated heterocycles. The predicted octanol–water partition coefficient (Wildman–Crippen LogP) is 3.84. The van der Waals surface area contributed by atoms with E-state index in [1.165, 1.54) is 6.07 Å². The van der Waals surface area contributed by atoms with Crippen molar-refractivity contribution in [3.8, 4) is 5.88 Å². The van der Waals surface area contributed by atoms with Crippen LogP contribution < -0.4 is 10.8 Å². The summed E-state index contributed by atoms with van der Waals surface area (Å²) in [6.07, 6.45) is 0. The second-order valence-electron chi connectivity index (χ2n) is 6.50. The standard InChI is InChI=1S/C22H15BN4O3/c23-14-10-11-18-16(12-14)19(22(30)25-18)26-27-21(29)15-8-4-5-9-17(15)24-20(28)13-6-2-1-3-7-13/h1-12,25,30H,(H,24,28). The van der Waals surface area contributed by atoms with E-state index in [2.05, 4.69) is 20.5 Å². The third-order valence-corrected chi connectivity index (χ3v) is 4.46. The van der Waals surface area contributed by atoms with E-state index in [1.807, 2.05) is 6.07 Å². The van der Waals surface area contributed by atoms with E-state index in [0.29, 0.717) is 27.6 Å². The van der Waals surface area contributed by atoms with Gasteiger partial charge in [0.15, 0.2) is 5.69 Å². The van der Waals surface area contributed by atoms with Crippen molar-refractivity contribution in [3.63, 3.8) is 0 Å². The SMILES string of the molecule is [B]c1ccc2[nH]c(O)c(N=NC(=O)c3ccccc3NC(=O)c3ccccc3)c2c1. The van der Waals surface area contributed by atoms with Gasteiger partial charge in [-0.15, -0.1) is 10.2 Å². The van der Waals surface area contributed by atoms with Gasteiger partial charge < -0.3 is 15.4 Å². The Labute approximate surface area is 172 Å². The van der Waals surface area contributed by atoms with Gasteiger partial charge in [0, 0.05) is 10.9 Å². The second kappa shape index (κ2) is 8.04. The fraction of sp³-hybridized carbons (Fsp3) is 0. The van der Waals surface area contributed by atoms with Crippen LogP contribution in [0.4, 0.5) is 11.4 Å². The molecule has 30 heavy (non-hydrogen) atoms. The first-order chi connectivity index (χ1) is 14.5. The lowest BCUT2D eigenvalue weighted by Gasteiger charge is -2.08. The number of hydrogen-bond acceptors (Lipinski definition) is 4. The Balaban J connectivity index is 1.61. The molecular weight excluding hydrogens is 379 g/mol. The molecule has 0 aliphatic rings. The quantitative estimate of drug-likeness (QED) is 0.362. The molecule has 3 aromatic carbocycles. The lowest BCUT2D eigenvalue weighted by atomic mass is 9.95. The highest BCUT2D eigenvalue weighted by molar-refractivity contribution is 6.33. The van der Waals surface area contributed by atoms with Gasteiger partial charge in [-0.3, -0.25) is 9.59 Å². The number of hydrogen-bond donors (Lipinski definition) is 3. The number of nitrogens with zero attached hydrogens (tertiary/aromatic N) is 2. The van der Waals surface area contributed by atoms with Gasteiger partial charge in [0.25, 0.3) is 11.8 Å². The molecule has 0 aliphatic carbocycles. The monoisotopic (exact) mass is 394 g/mol. The Hall–Kier alpha value is -4.20. The van der Waals surface area contributed by atoms with E-state index in [0.717, 1.165) is 0 Å². The van der Waals surface area contributed by atoms with Crippen LogP contribution in [0.3, 0.4) is 0 Å². The molecule has 1 aromatic heterocycles. The van der Waals surface area contributed by atoms with Crippen molar-refractivity contribution < 1.29 is 14.7 Å². The number of rotatable bonds is 4. The molecule has 3 N–H and O–H groups in total. The number of anilines is 1. The van der Waals surface area contributed by atoms with Crippen LogP contribution in [-0.4, -0.2) is 29.8 Å². The van der Waals surface area contributed by atoms with Gasteiger partial charge in [0.1, 0.15) is 7.85 Å². The van der Waals surface area contributed by atoms with E-state index in [1.54, 1.807) is 60.7 Å². The molecular formula is C22H15BN4O3. The first-order valence-electron chi connectivity index (χ1n) is 9.04. The van der Waals surface area contributed by atoms with Gasteiger partial charge in [0.2, 0.25) is 5.88 Å². The average Bonchev–Trinajstić information content (AvgIpc) is 3.07. The van der Waals surface area contributed by atoms with Crippen molar-refractivity contribution >= 4 is 47.4 Å². The van der Waals surface area contributed by atoms with E-state index in [9.17, 15) is 14.7 Å². The Morgan fingerprint density at radius 3 is 2.50 bits per heavy atom. The molecule has 1 heterocycles. The molecule has 8 heteroatoms. The van der Waals surface area contributed by atoms with Crippen molar-refractivity contribution in [1.29, 1.82) is 0 Å². The van der Waals surface area contributed by atoms with Crippen LogP contribution in [0, 0.1) is 0 Å². The Morgan fingerprint density at radius 1 is 0.967 bits per heavy atom. The van der Waals surface area contributed by atoms with E-state index < -0.39 is 5.91 Å². The highest BCUT2D eigenvalue weighted by Gasteiger charge is 2.15. The number of para-hydroxylation sites is 1. The van der Waals surface area contributed by atoms with Crippen molar-refractivity contribution in [3.05, 3.63) is 83.9 Å². The number of carbonyl (C=O) groups excluding carboxylic acids is 2. The molecule has 0 unspecified atom stereocenters. The third kappa shape index (κ3) is 3.84. The summed E-state index contributed by atoms with van der Waals surface area (Å²) >= 11 is 0. The van der Waals surface area contributed by atoms with Crippen LogP contribution in [0.15, 0.2) is 83.0 Å². The highest BCUT2D eigenvalue weighted by Crippen LogP contribution is 2.35. The topological polar surface area (TPSA) is 107 Å². The minimum atomic E-state index is -0.670. The summed E-state index contributed by atoms with van der Waals surface area (Å²) in [6.45, 7) is 0. The van der Waals surface area contributed by atoms with Crippen LogP contribution in [0.5, 0.6) is 5.88 Å². The molecule has 0 atom stereocenters. The third-order valence-electron chi connectivity index (χ3n) is 4.46. The van der Waals surface area contributed by atoms with Gasteiger partial charge in [-0.1, -0.05) is 47.9 Å². The molecule has 144 valence electrons. The van der Waals surface area contributed by atoms with Crippen LogP contribution in [0.25, 0.3) is 10.9 Å². The first-order valence-corrected chi connectivity index (χ1v) is 9.04. The van der Waals surface area contributed by atoms with Crippen LogP contribution in [-0.2, 0) is 0 Å². The number of fused-ring (bicyclic) bond motifs is 1. The zero-order valence-corrected chi connectivity index (χ0v) is 15.7. The average molecular weight is 394 g/mol. The zero-order valence-electron chi connectivity index (χ0n) is 15.7. The second-order valence-corrected chi connectivity index (χ2v) is 6.50. The number of aromatic hydroxyl groups is 1. The number of nitrogens with one attached hydrogen (secondary N) is 2. The molecule has 7 nitrogen and oxygen atoms in total. The minimum absolute atomic E-state index is 0.108. The Kier molecular flexibility index (Phi) is 5.13. The lowest BCUT2D eigenvalue weighted by molar-refractivity contribution is 0.0996. The van der Waals surface area contributed by atoms with Gasteiger partial charge in [-0.25, -0.2) is 0 Å². The van der Waals surface area contributed by atoms with Gasteiger partial charge in [-0.05, 0) is 30.3 Å². The van der Waals surface area contributed by atoms with Gasteiger partial charge >= 0.3 is 0 Å². The molecule has 0 bridgehead atoms. The van der Waals surface area contributed by atoms with Crippen LogP contribution >= 0.6 is 0 Å². The summed E-state index contributed by atoms with van der Waals surface area (Å²) in [7, 11) is 5.79. The Bertz CT molecular complexity index is 1280. The van der Waals surface area contributed by atoms with Crippen molar-refractivity contribution in [2.24, 2.45) is 10.2 Å². The fourth-order valence-electron chi connectivity index (χ4n) is 2.99. The number of carbonyl (C=O) groups is 2. The number of amides is 2. The van der Waals surface area contributed by atoms with Crippen molar-refractivity contribution in [2.45, 2.75) is 0 Å². The number of benzene rings is 3. The summed E-state index contributed by atoms with van der Waals surface area (Å²) in [5.41, 5.74) is 2.14. The van der Waals surface area contributed by atoms with E-state index in [4.69, 9.17) is 7.85 Å². The molecule has 4 aromatic rings. The van der Waals surface area contributed by atoms with Crippen molar-refractivity contribution in [2.75, 3.05) is 5.32 Å². The maximum atomic E-state index is 12.7.